The lowest BCUT2D eigenvalue weighted by molar-refractivity contribution is -0.420. The van der Waals surface area contributed by atoms with Crippen LogP contribution in [-0.4, -0.2) is 66.1 Å². The number of hydrazine groups is 1. The van der Waals surface area contributed by atoms with E-state index in [4.69, 9.17) is 24.8 Å². The molecule has 2 aromatic carbocycles. The molecular weight excluding hydrogens is 593 g/mol. The summed E-state index contributed by atoms with van der Waals surface area (Å²) in [5.41, 5.74) is -3.11. The van der Waals surface area contributed by atoms with Crippen LogP contribution in [0.15, 0.2) is 53.0 Å². The molecule has 0 aliphatic carbocycles. The maximum Gasteiger partial charge on any atom is 0.416 e. The van der Waals surface area contributed by atoms with Gasteiger partial charge in [0, 0.05) is 25.7 Å². The SMILES string of the molecule is CCOC(=O)CC1=NC(Oc2cc(C#N)ccc2OCC)N(N)C(Oc2cc(C(=O)N(C)C)cc(C(F)(F)F)c2)=C1[N+](=O)[O-]. The molecule has 1 aliphatic rings. The van der Waals surface area contributed by atoms with E-state index in [0.29, 0.717) is 17.1 Å². The first-order valence-corrected chi connectivity index (χ1v) is 12.8. The Balaban J connectivity index is 2.20. The molecule has 1 heterocycles. The molecular formula is C27H27F3N6O8. The number of carbonyl (C=O) groups excluding carboxylic acids is 2. The van der Waals surface area contributed by atoms with Crippen LogP contribution in [0, 0.1) is 21.4 Å². The average Bonchev–Trinajstić information content (AvgIpc) is 2.95. The minimum absolute atomic E-state index is 0.0679. The van der Waals surface area contributed by atoms with Gasteiger partial charge in [-0.2, -0.15) is 18.4 Å². The van der Waals surface area contributed by atoms with E-state index in [1.807, 2.05) is 6.07 Å². The highest BCUT2D eigenvalue weighted by Crippen LogP contribution is 2.36. The number of aliphatic imine (C=N–C) groups is 1. The number of nitriles is 1. The number of nitro groups is 1. The van der Waals surface area contributed by atoms with Gasteiger partial charge in [-0.15, -0.1) is 0 Å². The number of nitrogens with zero attached hydrogens (tertiary/aromatic N) is 5. The van der Waals surface area contributed by atoms with E-state index >= 15 is 0 Å². The number of ether oxygens (including phenoxy) is 4. The number of hydrogen-bond donors (Lipinski definition) is 1. The molecule has 0 saturated heterocycles. The summed E-state index contributed by atoms with van der Waals surface area (Å²) in [5, 5.41) is 22.1. The minimum atomic E-state index is -4.93. The van der Waals surface area contributed by atoms with E-state index in [1.54, 1.807) is 6.92 Å². The Bertz CT molecular complexity index is 1550. The Labute approximate surface area is 248 Å². The summed E-state index contributed by atoms with van der Waals surface area (Å²) < 4.78 is 63.1. The second kappa shape index (κ2) is 13.7. The van der Waals surface area contributed by atoms with Gasteiger partial charge >= 0.3 is 17.8 Å². The highest BCUT2D eigenvalue weighted by molar-refractivity contribution is 6.08. The van der Waals surface area contributed by atoms with E-state index in [2.05, 4.69) is 4.99 Å². The molecule has 0 fully saturated rings. The fraction of sp³-hybridized carbons (Fsp3) is 0.333. The smallest absolute Gasteiger partial charge is 0.416 e. The number of hydrogen-bond acceptors (Lipinski definition) is 12. The Kier molecular flexibility index (Phi) is 10.3. The zero-order valence-electron chi connectivity index (χ0n) is 23.9. The number of benzene rings is 2. The van der Waals surface area contributed by atoms with Crippen LogP contribution in [0.4, 0.5) is 13.2 Å². The van der Waals surface area contributed by atoms with Gasteiger partial charge in [0.15, 0.2) is 11.5 Å². The lowest BCUT2D eigenvalue weighted by atomic mass is 10.1. The molecule has 234 valence electrons. The molecule has 44 heavy (non-hydrogen) atoms. The van der Waals surface area contributed by atoms with Crippen molar-refractivity contribution in [3.8, 4) is 23.3 Å². The largest absolute Gasteiger partial charge is 0.490 e. The van der Waals surface area contributed by atoms with Crippen LogP contribution >= 0.6 is 0 Å². The zero-order chi connectivity index (χ0) is 32.8. The predicted molar refractivity (Wildman–Crippen MR) is 146 cm³/mol. The third-order valence-electron chi connectivity index (χ3n) is 5.72. The van der Waals surface area contributed by atoms with E-state index in [0.717, 1.165) is 11.0 Å². The first-order valence-electron chi connectivity index (χ1n) is 12.8. The van der Waals surface area contributed by atoms with Gasteiger partial charge in [-0.25, -0.2) is 15.8 Å². The summed E-state index contributed by atoms with van der Waals surface area (Å²) in [6, 6.07) is 8.10. The van der Waals surface area contributed by atoms with Crippen LogP contribution < -0.4 is 20.1 Å². The van der Waals surface area contributed by atoms with Crippen molar-refractivity contribution in [2.24, 2.45) is 10.8 Å². The Morgan fingerprint density at radius 3 is 2.43 bits per heavy atom. The standard InChI is InChI=1S/C27H27F3N6O8/c1-5-41-20-8-7-15(14-31)9-21(20)44-26-33-19(13-22(37)42-6-2)23(36(39)40)25(35(26)32)43-18-11-16(24(38)34(3)4)10-17(12-18)27(28,29)30/h7-12,26H,5-6,13,32H2,1-4H3. The molecule has 0 saturated carbocycles. The van der Waals surface area contributed by atoms with Crippen molar-refractivity contribution in [3.05, 3.63) is 74.8 Å². The summed E-state index contributed by atoms with van der Waals surface area (Å²) in [4.78, 5) is 41.3. The number of carbonyl (C=O) groups is 2. The molecule has 3 rings (SSSR count). The first kappa shape index (κ1) is 33.1. The van der Waals surface area contributed by atoms with Gasteiger partial charge < -0.3 is 23.8 Å². The fourth-order valence-corrected chi connectivity index (χ4v) is 3.82. The molecule has 1 unspecified atom stereocenters. The predicted octanol–water partition coefficient (Wildman–Crippen LogP) is 3.45. The summed E-state index contributed by atoms with van der Waals surface area (Å²) >= 11 is 0. The maximum atomic E-state index is 13.8. The van der Waals surface area contributed by atoms with Crippen LogP contribution in [0.25, 0.3) is 0 Å². The van der Waals surface area contributed by atoms with Crippen LogP contribution in [-0.2, 0) is 15.7 Å². The van der Waals surface area contributed by atoms with Gasteiger partial charge in [0.2, 0.25) is 0 Å². The van der Waals surface area contributed by atoms with Crippen molar-refractivity contribution in [2.45, 2.75) is 32.8 Å². The number of rotatable bonds is 11. The molecule has 1 aliphatic heterocycles. The molecule has 14 nitrogen and oxygen atoms in total. The molecule has 2 aromatic rings. The number of nitrogens with two attached hydrogens (primary N) is 1. The third-order valence-corrected chi connectivity index (χ3v) is 5.72. The lowest BCUT2D eigenvalue weighted by Gasteiger charge is -2.31. The molecule has 1 amide bonds. The van der Waals surface area contributed by atoms with Crippen molar-refractivity contribution in [2.75, 3.05) is 27.3 Å². The first-order chi connectivity index (χ1) is 20.7. The van der Waals surface area contributed by atoms with Crippen molar-refractivity contribution < 1.29 is 46.6 Å². The summed E-state index contributed by atoms with van der Waals surface area (Å²) in [6.07, 6.45) is -7.42. The second-order valence-corrected chi connectivity index (χ2v) is 9.07. The van der Waals surface area contributed by atoms with E-state index in [-0.39, 0.29) is 30.3 Å². The van der Waals surface area contributed by atoms with E-state index in [9.17, 15) is 38.1 Å². The quantitative estimate of drug-likeness (QED) is 0.168. The fourth-order valence-electron chi connectivity index (χ4n) is 3.82. The van der Waals surface area contributed by atoms with Crippen molar-refractivity contribution in [1.29, 1.82) is 5.26 Å². The monoisotopic (exact) mass is 620 g/mol. The number of esters is 1. The van der Waals surface area contributed by atoms with Crippen molar-refractivity contribution in [1.82, 2.24) is 9.91 Å². The van der Waals surface area contributed by atoms with Crippen LogP contribution in [0.5, 0.6) is 17.2 Å². The normalized spacial score (nSPS) is 14.8. The molecule has 0 aromatic heterocycles. The second-order valence-electron chi connectivity index (χ2n) is 9.07. The molecule has 0 spiro atoms. The van der Waals surface area contributed by atoms with Gasteiger partial charge in [0.1, 0.15) is 11.5 Å². The minimum Gasteiger partial charge on any atom is -0.490 e. The van der Waals surface area contributed by atoms with Gasteiger partial charge in [-0.1, -0.05) is 0 Å². The summed E-state index contributed by atoms with van der Waals surface area (Å²) in [5.74, 6) is 2.97. The van der Waals surface area contributed by atoms with Crippen molar-refractivity contribution in [3.63, 3.8) is 0 Å². The Hall–Kier alpha value is -5.37. The molecule has 1 atom stereocenters. The summed E-state index contributed by atoms with van der Waals surface area (Å²) in [7, 11) is 2.63. The highest BCUT2D eigenvalue weighted by Gasteiger charge is 2.41. The third kappa shape index (κ3) is 7.72. The number of amides is 1. The Morgan fingerprint density at radius 1 is 1.16 bits per heavy atom. The molecule has 2 N–H and O–H groups in total. The molecule has 0 radical (unpaired) electrons. The van der Waals surface area contributed by atoms with Crippen molar-refractivity contribution >= 4 is 17.6 Å². The van der Waals surface area contributed by atoms with Crippen LogP contribution in [0.2, 0.25) is 0 Å². The number of halogens is 3. The summed E-state index contributed by atoms with van der Waals surface area (Å²) in [6.45, 7) is 3.29. The maximum absolute atomic E-state index is 13.8. The average molecular weight is 621 g/mol. The Morgan fingerprint density at radius 2 is 1.86 bits per heavy atom. The van der Waals surface area contributed by atoms with E-state index in [1.165, 1.54) is 39.2 Å². The number of alkyl halides is 3. The molecule has 17 heteroatoms. The van der Waals surface area contributed by atoms with Gasteiger partial charge in [-0.05, 0) is 44.2 Å². The van der Waals surface area contributed by atoms with Crippen LogP contribution in [0.1, 0.15) is 41.8 Å². The lowest BCUT2D eigenvalue weighted by Crippen LogP contribution is -2.49. The van der Waals surface area contributed by atoms with Gasteiger partial charge in [0.05, 0.1) is 41.8 Å². The number of allylic oxidation sites excluding steroid dienone is 1. The van der Waals surface area contributed by atoms with Gasteiger partial charge in [-0.3, -0.25) is 19.7 Å². The zero-order valence-corrected chi connectivity index (χ0v) is 23.9. The topological polar surface area (TPSA) is 183 Å². The van der Waals surface area contributed by atoms with Crippen LogP contribution in [0.3, 0.4) is 0 Å². The molecule has 0 bridgehead atoms. The highest BCUT2D eigenvalue weighted by atomic mass is 19.4. The van der Waals surface area contributed by atoms with Gasteiger partial charge in [0.25, 0.3) is 18.1 Å². The van der Waals surface area contributed by atoms with E-state index < -0.39 is 69.9 Å².